The van der Waals surface area contributed by atoms with E-state index in [1.807, 2.05) is 0 Å². The van der Waals surface area contributed by atoms with Gasteiger partial charge in [-0.15, -0.1) is 0 Å². The molecular weight excluding hydrogens is 479 g/mol. The summed E-state index contributed by atoms with van der Waals surface area (Å²) in [7, 11) is 1.41. The van der Waals surface area contributed by atoms with Crippen LogP contribution in [-0.2, 0) is 25.2 Å². The number of aromatic nitrogens is 1. The van der Waals surface area contributed by atoms with Gasteiger partial charge in [0.05, 0.1) is 5.69 Å². The van der Waals surface area contributed by atoms with Crippen LogP contribution in [0.4, 0.5) is 13.2 Å². The summed E-state index contributed by atoms with van der Waals surface area (Å²) >= 11 is 0. The van der Waals surface area contributed by atoms with E-state index in [1.54, 1.807) is 11.0 Å². The van der Waals surface area contributed by atoms with E-state index in [0.717, 1.165) is 12.5 Å². The Morgan fingerprint density at radius 2 is 2.06 bits per heavy atom. The fourth-order valence-electron chi connectivity index (χ4n) is 5.43. The van der Waals surface area contributed by atoms with Gasteiger partial charge in [-0.3, -0.25) is 9.59 Å². The highest BCUT2D eigenvalue weighted by Crippen LogP contribution is 2.39. The average Bonchev–Trinajstić information content (AvgIpc) is 3.46. The van der Waals surface area contributed by atoms with Crippen LogP contribution in [0.1, 0.15) is 55.2 Å². The maximum atomic E-state index is 13.4. The predicted molar refractivity (Wildman–Crippen MR) is 123 cm³/mol. The first-order valence-electron chi connectivity index (χ1n) is 12.0. The molecule has 3 atom stereocenters. The lowest BCUT2D eigenvalue weighted by molar-refractivity contribution is -0.141. The number of halogens is 3. The number of pyridine rings is 1. The number of likely N-dealkylation sites (tertiary alicyclic amines) is 1. The lowest BCUT2D eigenvalue weighted by atomic mass is 9.86. The molecule has 0 bridgehead atoms. The fourth-order valence-corrected chi connectivity index (χ4v) is 5.43. The van der Waals surface area contributed by atoms with Crippen molar-refractivity contribution in [2.24, 2.45) is 10.7 Å². The Labute approximate surface area is 205 Å². The van der Waals surface area contributed by atoms with Crippen LogP contribution >= 0.6 is 0 Å². The van der Waals surface area contributed by atoms with E-state index in [2.05, 4.69) is 15.3 Å². The second-order valence-electron chi connectivity index (χ2n) is 9.63. The number of piperidine rings is 1. The Morgan fingerprint density at radius 3 is 2.67 bits per heavy atom. The van der Waals surface area contributed by atoms with Gasteiger partial charge < -0.3 is 25.4 Å². The summed E-state index contributed by atoms with van der Waals surface area (Å²) < 4.78 is 51.2. The number of nitrogens with zero attached hydrogens (tertiary/aromatic N) is 3. The lowest BCUT2D eigenvalue weighted by Gasteiger charge is -2.39. The van der Waals surface area contributed by atoms with Crippen LogP contribution in [-0.4, -0.2) is 72.0 Å². The van der Waals surface area contributed by atoms with Crippen molar-refractivity contribution in [2.45, 2.75) is 62.1 Å². The first-order valence-corrected chi connectivity index (χ1v) is 12.0. The van der Waals surface area contributed by atoms with Crippen LogP contribution in [0.15, 0.2) is 23.2 Å². The van der Waals surface area contributed by atoms with Crippen LogP contribution in [0.2, 0.25) is 0 Å². The molecule has 0 aromatic carbocycles. The number of amides is 2. The molecule has 0 saturated carbocycles. The van der Waals surface area contributed by atoms with Crippen LogP contribution in [0, 0.1) is 0 Å². The molecule has 1 aromatic rings. The molecule has 1 aromatic heterocycles. The third-order valence-electron chi connectivity index (χ3n) is 7.49. The minimum absolute atomic E-state index is 0.0450. The summed E-state index contributed by atoms with van der Waals surface area (Å²) in [5.74, 6) is -0.000678. The van der Waals surface area contributed by atoms with Crippen molar-refractivity contribution in [3.05, 3.63) is 35.2 Å². The lowest BCUT2D eigenvalue weighted by Crippen LogP contribution is -2.55. The number of hydrogen-bond acceptors (Lipinski definition) is 7. The van der Waals surface area contributed by atoms with Crippen molar-refractivity contribution in [1.29, 1.82) is 0 Å². The summed E-state index contributed by atoms with van der Waals surface area (Å²) in [6, 6.07) is 1.39. The zero-order chi connectivity index (χ0) is 25.7. The number of ether oxygens (including phenoxy) is 2. The molecule has 4 aliphatic rings. The van der Waals surface area contributed by atoms with Crippen LogP contribution < -0.4 is 11.1 Å². The number of aliphatic imine (C=N–C) groups is 1. The third kappa shape index (κ3) is 4.36. The van der Waals surface area contributed by atoms with Gasteiger partial charge in [0.2, 0.25) is 11.8 Å². The van der Waals surface area contributed by atoms with Gasteiger partial charge in [-0.25, -0.2) is 9.98 Å². The number of fused-ring (bicyclic) bond motifs is 1. The molecule has 9 nitrogen and oxygen atoms in total. The second-order valence-corrected chi connectivity index (χ2v) is 9.63. The molecule has 0 radical (unpaired) electrons. The van der Waals surface area contributed by atoms with E-state index in [-0.39, 0.29) is 41.9 Å². The van der Waals surface area contributed by atoms with E-state index >= 15 is 0 Å². The molecule has 3 aliphatic heterocycles. The van der Waals surface area contributed by atoms with Crippen molar-refractivity contribution in [1.82, 2.24) is 15.2 Å². The average molecular weight is 508 g/mol. The molecular formula is C24H28F3N5O4. The molecule has 3 N–H and O–H groups in total. The van der Waals surface area contributed by atoms with Gasteiger partial charge in [-0.1, -0.05) is 12.1 Å². The Bertz CT molecular complexity index is 1130. The summed E-state index contributed by atoms with van der Waals surface area (Å²) in [5, 5.41) is 3.06. The van der Waals surface area contributed by atoms with Crippen molar-refractivity contribution in [3.63, 3.8) is 0 Å². The molecule has 3 unspecified atom stereocenters. The number of alkyl halides is 3. The van der Waals surface area contributed by atoms with Crippen molar-refractivity contribution >= 4 is 23.3 Å². The second kappa shape index (κ2) is 9.15. The van der Waals surface area contributed by atoms with Gasteiger partial charge in [0.1, 0.15) is 17.9 Å². The minimum Gasteiger partial charge on any atom is -0.470 e. The molecule has 36 heavy (non-hydrogen) atoms. The van der Waals surface area contributed by atoms with Gasteiger partial charge in [0.25, 0.3) is 5.91 Å². The van der Waals surface area contributed by atoms with Gasteiger partial charge in [0, 0.05) is 49.8 Å². The first-order chi connectivity index (χ1) is 17.1. The predicted octanol–water partition coefficient (Wildman–Crippen LogP) is 1.97. The summed E-state index contributed by atoms with van der Waals surface area (Å²) in [4.78, 5) is 35.2. The van der Waals surface area contributed by atoms with E-state index < -0.39 is 30.1 Å². The number of hydrogen-bond donors (Lipinski definition) is 2. The third-order valence-corrected chi connectivity index (χ3v) is 7.49. The Kier molecular flexibility index (Phi) is 6.27. The first kappa shape index (κ1) is 24.7. The highest BCUT2D eigenvalue weighted by atomic mass is 19.4. The van der Waals surface area contributed by atoms with E-state index in [4.69, 9.17) is 15.2 Å². The highest BCUT2D eigenvalue weighted by Gasteiger charge is 2.45. The smallest absolute Gasteiger partial charge is 0.433 e. The number of rotatable bonds is 4. The van der Waals surface area contributed by atoms with Crippen LogP contribution in [0.3, 0.4) is 0 Å². The zero-order valence-corrected chi connectivity index (χ0v) is 19.8. The Balaban J connectivity index is 1.37. The largest absolute Gasteiger partial charge is 0.470 e. The molecule has 5 rings (SSSR count). The molecule has 2 amide bonds. The maximum Gasteiger partial charge on any atom is 0.433 e. The van der Waals surface area contributed by atoms with Gasteiger partial charge in [-0.2, -0.15) is 13.2 Å². The van der Waals surface area contributed by atoms with Gasteiger partial charge in [0.15, 0.2) is 6.04 Å². The maximum absolute atomic E-state index is 13.4. The molecule has 4 heterocycles. The molecule has 12 heteroatoms. The summed E-state index contributed by atoms with van der Waals surface area (Å²) in [6.45, 7) is 1.02. The van der Waals surface area contributed by atoms with E-state index in [1.165, 1.54) is 13.2 Å². The number of nitrogens with two attached hydrogens (primary N) is 1. The van der Waals surface area contributed by atoms with E-state index in [9.17, 15) is 22.8 Å². The molecule has 1 aliphatic carbocycles. The summed E-state index contributed by atoms with van der Waals surface area (Å²) in [6.07, 6.45) is -1.25. The quantitative estimate of drug-likeness (QED) is 0.643. The van der Waals surface area contributed by atoms with Gasteiger partial charge >= 0.3 is 6.18 Å². The number of nitrogens with one attached hydrogen (secondary N) is 1. The van der Waals surface area contributed by atoms with Crippen molar-refractivity contribution in [3.8, 4) is 0 Å². The Hall–Kier alpha value is -2.99. The number of carbonyl (C=O) groups excluding carboxylic acids is 2. The normalized spacial score (nSPS) is 27.3. The standard InChI is InChI=1S/C24H28F3N5O4/c1-35-15-4-2-14(13-3-5-17(24(25,26)27)29-19(13)15)21-30-20(16(12-28)36-21)22(34)32-10-8-23(9-11-32)7-6-18(33)31-23/h2-3,5,15-16,20H,4,6-12,28H2,1H3,(H,31,33). The number of carbonyl (C=O) groups is 2. The van der Waals surface area contributed by atoms with Crippen molar-refractivity contribution in [2.75, 3.05) is 26.7 Å². The topological polar surface area (TPSA) is 119 Å². The SMILES string of the molecule is COC1CC=C(C2=NC(C(=O)N3CCC4(CCC(=O)N4)CC3)C(CN)O2)c2ccc(C(F)(F)F)nc21. The van der Waals surface area contributed by atoms with Crippen molar-refractivity contribution < 1.29 is 32.2 Å². The minimum atomic E-state index is -4.59. The number of methoxy groups -OCH3 is 1. The monoisotopic (exact) mass is 507 g/mol. The van der Waals surface area contributed by atoms with Gasteiger partial charge in [-0.05, 0) is 31.7 Å². The zero-order valence-electron chi connectivity index (χ0n) is 19.8. The van der Waals surface area contributed by atoms with E-state index in [0.29, 0.717) is 43.5 Å². The Morgan fingerprint density at radius 1 is 1.31 bits per heavy atom. The van der Waals surface area contributed by atoms with Crippen LogP contribution in [0.25, 0.3) is 5.57 Å². The molecule has 2 fully saturated rings. The fraction of sp³-hybridized carbons (Fsp3) is 0.583. The highest BCUT2D eigenvalue weighted by molar-refractivity contribution is 6.21. The summed E-state index contributed by atoms with van der Waals surface area (Å²) in [5.41, 5.74) is 5.70. The molecule has 194 valence electrons. The van der Waals surface area contributed by atoms with Crippen LogP contribution in [0.5, 0.6) is 0 Å². The molecule has 1 spiro atoms. The molecule has 2 saturated heterocycles.